The van der Waals surface area contributed by atoms with Crippen molar-refractivity contribution in [3.63, 3.8) is 0 Å². The van der Waals surface area contributed by atoms with E-state index in [0.717, 1.165) is 25.9 Å². The molecule has 2 saturated carbocycles. The molecule has 0 aromatic heterocycles. The predicted octanol–water partition coefficient (Wildman–Crippen LogP) is -0.188. The normalized spacial score (nSPS) is 42.8. The van der Waals surface area contributed by atoms with Crippen LogP contribution in [0, 0.1) is 17.8 Å². The Labute approximate surface area is 117 Å². The minimum absolute atomic E-state index is 0.0687. The van der Waals surface area contributed by atoms with Gasteiger partial charge in [0, 0.05) is 24.9 Å². The maximum absolute atomic E-state index is 12.1. The summed E-state index contributed by atoms with van der Waals surface area (Å²) < 4.78 is 16.3. The Morgan fingerprint density at radius 2 is 2.10 bits per heavy atom. The molecule has 6 heteroatoms. The predicted molar refractivity (Wildman–Crippen MR) is 66.7 cm³/mol. The number of hydrogen-bond acceptors (Lipinski definition) is 6. The van der Waals surface area contributed by atoms with Gasteiger partial charge < -0.3 is 14.2 Å². The number of morpholine rings is 1. The van der Waals surface area contributed by atoms with Crippen LogP contribution in [0.5, 0.6) is 0 Å². The van der Waals surface area contributed by atoms with Crippen molar-refractivity contribution in [2.45, 2.75) is 25.0 Å². The van der Waals surface area contributed by atoms with Crippen molar-refractivity contribution < 1.29 is 23.8 Å². The first-order chi connectivity index (χ1) is 9.72. The van der Waals surface area contributed by atoms with E-state index >= 15 is 0 Å². The summed E-state index contributed by atoms with van der Waals surface area (Å²) in [6.07, 6.45) is 1.41. The summed E-state index contributed by atoms with van der Waals surface area (Å²) in [6, 6.07) is 0. The number of fused-ring (bicyclic) bond motifs is 1. The first-order valence-electron chi connectivity index (χ1n) is 7.42. The highest BCUT2D eigenvalue weighted by Gasteiger charge is 2.63. The van der Waals surface area contributed by atoms with Crippen LogP contribution in [0.3, 0.4) is 0 Å². The molecule has 5 atom stereocenters. The number of hydrogen-bond donors (Lipinski definition) is 0. The van der Waals surface area contributed by atoms with Gasteiger partial charge >= 0.3 is 11.9 Å². The quantitative estimate of drug-likeness (QED) is 0.668. The zero-order valence-electron chi connectivity index (χ0n) is 11.3. The number of ether oxygens (including phenoxy) is 3. The molecule has 0 radical (unpaired) electrons. The third kappa shape index (κ3) is 1.93. The van der Waals surface area contributed by atoms with Crippen LogP contribution in [0.15, 0.2) is 0 Å². The third-order valence-electron chi connectivity index (χ3n) is 5.14. The molecule has 2 aliphatic heterocycles. The average molecular weight is 281 g/mol. The topological polar surface area (TPSA) is 65.1 Å². The minimum atomic E-state index is -0.212. The fourth-order valence-electron chi connectivity index (χ4n) is 4.20. The van der Waals surface area contributed by atoms with Gasteiger partial charge in [-0.2, -0.15) is 0 Å². The van der Waals surface area contributed by atoms with Crippen LogP contribution in [0.25, 0.3) is 0 Å². The van der Waals surface area contributed by atoms with Gasteiger partial charge in [-0.25, -0.2) is 0 Å². The highest BCUT2D eigenvalue weighted by molar-refractivity contribution is 5.77. The lowest BCUT2D eigenvalue weighted by Crippen LogP contribution is -2.43. The monoisotopic (exact) mass is 281 g/mol. The maximum atomic E-state index is 12.1. The van der Waals surface area contributed by atoms with Gasteiger partial charge in [0.15, 0.2) is 0 Å². The largest absolute Gasteiger partial charge is 0.458 e. The van der Waals surface area contributed by atoms with Crippen molar-refractivity contribution in [1.29, 1.82) is 0 Å². The second kappa shape index (κ2) is 4.70. The molecule has 0 amide bonds. The van der Waals surface area contributed by atoms with Crippen LogP contribution in [0.4, 0.5) is 0 Å². The molecule has 0 aromatic rings. The summed E-state index contributed by atoms with van der Waals surface area (Å²) in [4.78, 5) is 25.8. The molecule has 4 rings (SSSR count). The lowest BCUT2D eigenvalue weighted by atomic mass is 9.88. The molecule has 5 unspecified atom stereocenters. The zero-order valence-corrected chi connectivity index (χ0v) is 11.3. The Morgan fingerprint density at radius 1 is 1.30 bits per heavy atom. The van der Waals surface area contributed by atoms with E-state index in [2.05, 4.69) is 0 Å². The van der Waals surface area contributed by atoms with E-state index in [-0.39, 0.29) is 36.0 Å². The first kappa shape index (κ1) is 12.6. The van der Waals surface area contributed by atoms with E-state index in [4.69, 9.17) is 14.2 Å². The number of esters is 2. The molecule has 20 heavy (non-hydrogen) atoms. The Morgan fingerprint density at radius 3 is 2.90 bits per heavy atom. The smallest absolute Gasteiger partial charge is 0.320 e. The van der Waals surface area contributed by atoms with E-state index in [9.17, 15) is 9.59 Å². The number of rotatable bonds is 3. The highest BCUT2D eigenvalue weighted by atomic mass is 16.6. The second-order valence-electron chi connectivity index (χ2n) is 6.25. The molecular weight excluding hydrogens is 262 g/mol. The van der Waals surface area contributed by atoms with Gasteiger partial charge in [-0.15, -0.1) is 0 Å². The Hall–Kier alpha value is -1.14. The van der Waals surface area contributed by atoms with Crippen LogP contribution in [-0.2, 0) is 23.8 Å². The van der Waals surface area contributed by atoms with E-state index in [1.54, 1.807) is 0 Å². The molecule has 2 aliphatic carbocycles. The van der Waals surface area contributed by atoms with E-state index in [0.29, 0.717) is 25.7 Å². The third-order valence-corrected chi connectivity index (χ3v) is 5.14. The average Bonchev–Trinajstić information content (AvgIpc) is 3.04. The fourth-order valence-corrected chi connectivity index (χ4v) is 4.20. The van der Waals surface area contributed by atoms with Crippen molar-refractivity contribution in [1.82, 2.24) is 4.90 Å². The van der Waals surface area contributed by atoms with E-state index in [1.165, 1.54) is 0 Å². The Balaban J connectivity index is 1.35. The van der Waals surface area contributed by atoms with Crippen LogP contribution < -0.4 is 0 Å². The van der Waals surface area contributed by atoms with Crippen LogP contribution >= 0.6 is 0 Å². The maximum Gasteiger partial charge on any atom is 0.320 e. The van der Waals surface area contributed by atoms with Crippen molar-refractivity contribution in [3.05, 3.63) is 0 Å². The fraction of sp³-hybridized carbons (Fsp3) is 0.857. The van der Waals surface area contributed by atoms with Crippen molar-refractivity contribution in [3.8, 4) is 0 Å². The summed E-state index contributed by atoms with van der Waals surface area (Å²) in [5, 5.41) is 0. The van der Waals surface area contributed by atoms with Crippen molar-refractivity contribution in [2.24, 2.45) is 17.8 Å². The van der Waals surface area contributed by atoms with Crippen LogP contribution in [0.1, 0.15) is 12.8 Å². The molecule has 110 valence electrons. The summed E-state index contributed by atoms with van der Waals surface area (Å²) in [7, 11) is 0. The van der Waals surface area contributed by atoms with Gasteiger partial charge in [-0.1, -0.05) is 0 Å². The van der Waals surface area contributed by atoms with Crippen LogP contribution in [0.2, 0.25) is 0 Å². The Bertz CT molecular complexity index is 433. The van der Waals surface area contributed by atoms with Gasteiger partial charge in [0.25, 0.3) is 0 Å². The number of carbonyl (C=O) groups is 2. The van der Waals surface area contributed by atoms with Gasteiger partial charge in [-0.3, -0.25) is 14.5 Å². The standard InChI is InChI=1S/C14H19NO5/c16-11(7-15-1-3-18-4-2-15)19-12-8-5-9-10(6-8)14(17)20-13(9)12/h8-10,12-13H,1-7H2. The van der Waals surface area contributed by atoms with E-state index in [1.807, 2.05) is 4.90 Å². The van der Waals surface area contributed by atoms with Gasteiger partial charge in [0.1, 0.15) is 12.2 Å². The highest BCUT2D eigenvalue weighted by Crippen LogP contribution is 2.55. The molecule has 6 nitrogen and oxygen atoms in total. The number of nitrogens with zero attached hydrogens (tertiary/aromatic N) is 1. The Kier molecular flexibility index (Phi) is 2.96. The molecule has 2 heterocycles. The molecule has 0 spiro atoms. The molecule has 0 aromatic carbocycles. The van der Waals surface area contributed by atoms with E-state index < -0.39 is 0 Å². The van der Waals surface area contributed by atoms with Crippen LogP contribution in [-0.4, -0.2) is 61.9 Å². The lowest BCUT2D eigenvalue weighted by molar-refractivity contribution is -0.163. The second-order valence-corrected chi connectivity index (χ2v) is 6.25. The first-order valence-corrected chi connectivity index (χ1v) is 7.42. The molecule has 4 fully saturated rings. The molecule has 0 N–H and O–H groups in total. The summed E-state index contributed by atoms with van der Waals surface area (Å²) in [6.45, 7) is 3.19. The summed E-state index contributed by atoms with van der Waals surface area (Å²) in [5.41, 5.74) is 0. The summed E-state index contributed by atoms with van der Waals surface area (Å²) >= 11 is 0. The SMILES string of the molecule is O=C(CN1CCOCC1)OC1C2CC3C(=O)OC1C3C2. The minimum Gasteiger partial charge on any atom is -0.458 e. The van der Waals surface area contributed by atoms with Gasteiger partial charge in [0.2, 0.25) is 0 Å². The van der Waals surface area contributed by atoms with Gasteiger partial charge in [0.05, 0.1) is 25.7 Å². The zero-order chi connectivity index (χ0) is 13.7. The molecular formula is C14H19NO5. The molecule has 2 bridgehead atoms. The van der Waals surface area contributed by atoms with Crippen molar-refractivity contribution >= 4 is 11.9 Å². The molecule has 4 aliphatic rings. The molecule has 2 saturated heterocycles. The lowest BCUT2D eigenvalue weighted by Gasteiger charge is -2.28. The van der Waals surface area contributed by atoms with Crippen molar-refractivity contribution in [2.75, 3.05) is 32.8 Å². The summed E-state index contributed by atoms with van der Waals surface area (Å²) in [5.74, 6) is 0.376. The van der Waals surface area contributed by atoms with Gasteiger partial charge in [-0.05, 0) is 12.8 Å². The number of carbonyl (C=O) groups excluding carboxylic acids is 2.